The van der Waals surface area contributed by atoms with E-state index in [1.54, 1.807) is 31.2 Å². The summed E-state index contributed by atoms with van der Waals surface area (Å²) < 4.78 is 36.9. The van der Waals surface area contributed by atoms with Crippen LogP contribution in [0.5, 0.6) is 11.5 Å². The maximum absolute atomic E-state index is 13.6. The van der Waals surface area contributed by atoms with Crippen LogP contribution in [-0.2, 0) is 26.2 Å². The summed E-state index contributed by atoms with van der Waals surface area (Å²) in [5.74, 6) is -0.234. The van der Waals surface area contributed by atoms with Gasteiger partial charge in [-0.2, -0.15) is 0 Å². The minimum atomic E-state index is -3.89. The normalized spacial score (nSPS) is 12.0. The largest absolute Gasteiger partial charge is 0.493 e. The van der Waals surface area contributed by atoms with Crippen molar-refractivity contribution in [3.05, 3.63) is 52.0 Å². The predicted octanol–water partition coefficient (Wildman–Crippen LogP) is 3.72. The second-order valence-corrected chi connectivity index (χ2v) is 10.8. The Morgan fingerprint density at radius 1 is 1.03 bits per heavy atom. The van der Waals surface area contributed by atoms with E-state index in [9.17, 15) is 18.0 Å². The molecule has 2 aromatic carbocycles. The first-order valence-corrected chi connectivity index (χ1v) is 13.7. The second-order valence-electron chi connectivity index (χ2n) is 8.05. The van der Waals surface area contributed by atoms with Crippen molar-refractivity contribution in [3.8, 4) is 11.5 Å². The molecule has 0 saturated heterocycles. The first-order chi connectivity index (χ1) is 16.9. The van der Waals surface area contributed by atoms with Crippen LogP contribution in [0.25, 0.3) is 0 Å². The van der Waals surface area contributed by atoms with Gasteiger partial charge in [0.05, 0.1) is 36.2 Å². The lowest BCUT2D eigenvalue weighted by Gasteiger charge is -2.31. The first kappa shape index (κ1) is 29.5. The van der Waals surface area contributed by atoms with Crippen molar-refractivity contribution in [2.75, 3.05) is 37.9 Å². The van der Waals surface area contributed by atoms with Crippen LogP contribution in [0.3, 0.4) is 0 Å². The highest BCUT2D eigenvalue weighted by atomic mass is 35.5. The van der Waals surface area contributed by atoms with E-state index in [0.29, 0.717) is 33.7 Å². The quantitative estimate of drug-likeness (QED) is 0.425. The molecule has 0 heterocycles. The lowest BCUT2D eigenvalue weighted by atomic mass is 10.1. The molecule has 0 fully saturated rings. The summed E-state index contributed by atoms with van der Waals surface area (Å²) in [7, 11) is -1.00. The van der Waals surface area contributed by atoms with E-state index >= 15 is 0 Å². The van der Waals surface area contributed by atoms with Crippen LogP contribution < -0.4 is 19.1 Å². The van der Waals surface area contributed by atoms with Crippen LogP contribution in [0.2, 0.25) is 10.0 Å². The van der Waals surface area contributed by atoms with Crippen LogP contribution >= 0.6 is 23.2 Å². The van der Waals surface area contributed by atoms with Crippen molar-refractivity contribution in [2.24, 2.45) is 0 Å². The number of amides is 2. The SMILES string of the molecule is CCCNC(=O)[C@@H](C)N(Cc1ccc(Cl)c(Cl)c1)C(=O)CN(c1ccc(OC)c(OC)c1)S(C)(=O)=O. The molecule has 2 rings (SSSR count). The number of sulfonamides is 1. The zero-order chi connectivity index (χ0) is 27.0. The van der Waals surface area contributed by atoms with Gasteiger partial charge in [-0.25, -0.2) is 8.42 Å². The Balaban J connectivity index is 2.44. The van der Waals surface area contributed by atoms with Crippen LogP contribution in [0, 0.1) is 0 Å². The monoisotopic (exact) mass is 559 g/mol. The molecule has 0 unspecified atom stereocenters. The van der Waals surface area contributed by atoms with Gasteiger partial charge >= 0.3 is 0 Å². The number of nitrogens with one attached hydrogen (secondary N) is 1. The molecule has 12 heteroatoms. The number of methoxy groups -OCH3 is 2. The van der Waals surface area contributed by atoms with Gasteiger partial charge in [0, 0.05) is 19.2 Å². The van der Waals surface area contributed by atoms with E-state index in [1.807, 2.05) is 6.92 Å². The molecule has 36 heavy (non-hydrogen) atoms. The zero-order valence-corrected chi connectivity index (χ0v) is 23.2. The van der Waals surface area contributed by atoms with E-state index < -0.39 is 28.5 Å². The van der Waals surface area contributed by atoms with Gasteiger partial charge in [-0.15, -0.1) is 0 Å². The summed E-state index contributed by atoms with van der Waals surface area (Å²) in [5.41, 5.74) is 0.839. The Bertz CT molecular complexity index is 1190. The van der Waals surface area contributed by atoms with E-state index in [1.165, 1.54) is 31.3 Å². The van der Waals surface area contributed by atoms with Crippen molar-refractivity contribution in [3.63, 3.8) is 0 Å². The first-order valence-electron chi connectivity index (χ1n) is 11.1. The Kier molecular flexibility index (Phi) is 10.7. The number of hydrogen-bond donors (Lipinski definition) is 1. The van der Waals surface area contributed by atoms with Crippen LogP contribution in [0.4, 0.5) is 5.69 Å². The number of rotatable bonds is 12. The van der Waals surface area contributed by atoms with Gasteiger partial charge in [-0.05, 0) is 43.2 Å². The Labute approximate surface area is 222 Å². The standard InChI is InChI=1S/C24H31Cl2N3O6S/c1-6-11-27-24(31)16(2)28(14-17-7-9-19(25)20(26)12-17)23(30)15-29(36(5,32)33)18-8-10-21(34-3)22(13-18)35-4/h7-10,12-13,16H,6,11,14-15H2,1-5H3,(H,27,31)/t16-/m1/s1. The number of benzene rings is 2. The van der Waals surface area contributed by atoms with Gasteiger partial charge in [0.1, 0.15) is 12.6 Å². The van der Waals surface area contributed by atoms with Crippen molar-refractivity contribution in [1.82, 2.24) is 10.2 Å². The average Bonchev–Trinajstić information content (AvgIpc) is 2.84. The fraction of sp³-hybridized carbons (Fsp3) is 0.417. The molecule has 9 nitrogen and oxygen atoms in total. The fourth-order valence-electron chi connectivity index (χ4n) is 3.41. The van der Waals surface area contributed by atoms with Gasteiger partial charge in [0.25, 0.3) is 0 Å². The highest BCUT2D eigenvalue weighted by molar-refractivity contribution is 7.92. The van der Waals surface area contributed by atoms with E-state index in [0.717, 1.165) is 17.0 Å². The minimum absolute atomic E-state index is 0.0139. The number of anilines is 1. The van der Waals surface area contributed by atoms with Gasteiger partial charge in [0.15, 0.2) is 11.5 Å². The summed E-state index contributed by atoms with van der Waals surface area (Å²) in [6.45, 7) is 3.42. The summed E-state index contributed by atoms with van der Waals surface area (Å²) >= 11 is 12.2. The third-order valence-corrected chi connectivity index (χ3v) is 7.27. The lowest BCUT2D eigenvalue weighted by molar-refractivity contribution is -0.139. The molecule has 0 bridgehead atoms. The molecule has 0 aliphatic heterocycles. The molecule has 0 radical (unpaired) electrons. The number of ether oxygens (including phenoxy) is 2. The highest BCUT2D eigenvalue weighted by Gasteiger charge is 2.30. The molecule has 0 aliphatic carbocycles. The zero-order valence-electron chi connectivity index (χ0n) is 20.9. The average molecular weight is 561 g/mol. The summed E-state index contributed by atoms with van der Waals surface area (Å²) in [6.07, 6.45) is 1.72. The molecular formula is C24H31Cl2N3O6S. The van der Waals surface area contributed by atoms with Gasteiger partial charge in [-0.1, -0.05) is 36.2 Å². The molecule has 1 N–H and O–H groups in total. The summed E-state index contributed by atoms with van der Waals surface area (Å²) in [4.78, 5) is 27.6. The molecule has 0 saturated carbocycles. The molecule has 2 amide bonds. The second kappa shape index (κ2) is 13.0. The molecule has 0 spiro atoms. The van der Waals surface area contributed by atoms with Crippen LogP contribution in [0.15, 0.2) is 36.4 Å². The third-order valence-electron chi connectivity index (χ3n) is 5.39. The number of halogens is 2. The topological polar surface area (TPSA) is 105 Å². The van der Waals surface area contributed by atoms with Gasteiger partial charge < -0.3 is 19.7 Å². The van der Waals surface area contributed by atoms with Gasteiger partial charge in [0.2, 0.25) is 21.8 Å². The maximum atomic E-state index is 13.6. The Hall–Kier alpha value is -2.69. The number of carbonyl (C=O) groups is 2. The van der Waals surface area contributed by atoms with E-state index in [4.69, 9.17) is 32.7 Å². The molecule has 2 aromatic rings. The van der Waals surface area contributed by atoms with Crippen LogP contribution in [-0.4, -0.2) is 64.7 Å². The molecule has 198 valence electrons. The molecule has 0 aliphatic rings. The predicted molar refractivity (Wildman–Crippen MR) is 142 cm³/mol. The Morgan fingerprint density at radius 2 is 1.69 bits per heavy atom. The van der Waals surface area contributed by atoms with Crippen molar-refractivity contribution < 1.29 is 27.5 Å². The van der Waals surface area contributed by atoms with Crippen molar-refractivity contribution in [1.29, 1.82) is 0 Å². The fourth-order valence-corrected chi connectivity index (χ4v) is 4.57. The lowest BCUT2D eigenvalue weighted by Crippen LogP contribution is -2.51. The smallest absolute Gasteiger partial charge is 0.244 e. The van der Waals surface area contributed by atoms with Crippen molar-refractivity contribution in [2.45, 2.75) is 32.9 Å². The van der Waals surface area contributed by atoms with E-state index in [2.05, 4.69) is 5.32 Å². The molecular weight excluding hydrogens is 529 g/mol. The summed E-state index contributed by atoms with van der Waals surface area (Å²) in [5, 5.41) is 3.42. The molecule has 1 atom stereocenters. The van der Waals surface area contributed by atoms with Crippen molar-refractivity contribution >= 4 is 50.7 Å². The molecule has 0 aromatic heterocycles. The maximum Gasteiger partial charge on any atom is 0.244 e. The van der Waals surface area contributed by atoms with E-state index in [-0.39, 0.29) is 18.1 Å². The Morgan fingerprint density at radius 3 is 2.25 bits per heavy atom. The highest BCUT2D eigenvalue weighted by Crippen LogP contribution is 2.32. The minimum Gasteiger partial charge on any atom is -0.493 e. The number of nitrogens with zero attached hydrogens (tertiary/aromatic N) is 2. The van der Waals surface area contributed by atoms with Gasteiger partial charge in [-0.3, -0.25) is 13.9 Å². The number of hydrogen-bond acceptors (Lipinski definition) is 6. The third kappa shape index (κ3) is 7.65. The van der Waals surface area contributed by atoms with Crippen LogP contribution in [0.1, 0.15) is 25.8 Å². The summed E-state index contributed by atoms with van der Waals surface area (Å²) in [6, 6.07) is 8.52. The number of carbonyl (C=O) groups excluding carboxylic acids is 2.